The second kappa shape index (κ2) is 9.94. The summed E-state index contributed by atoms with van der Waals surface area (Å²) >= 11 is 0. The van der Waals surface area contributed by atoms with E-state index in [1.165, 1.54) is 12.1 Å². The third-order valence-electron chi connectivity index (χ3n) is 6.15. The van der Waals surface area contributed by atoms with E-state index in [-0.39, 0.29) is 12.1 Å². The standard InChI is InChI=1S/C28H23F3N4O2/c29-28(30,31)37-26-10-8-18(17-7-9-24-19(12-17)4-3-11-33-24)14-23(26)27(36)35-21(15-32)13-20-16-34-25-6-2-1-5-22(20)25/h1-12,14,16,21,34H,13,15,32H2,(H,35,36). The number of benzene rings is 3. The predicted molar refractivity (Wildman–Crippen MR) is 136 cm³/mol. The van der Waals surface area contributed by atoms with Crippen LogP contribution in [0.1, 0.15) is 15.9 Å². The average molecular weight is 505 g/mol. The van der Waals surface area contributed by atoms with Crippen LogP contribution in [0.5, 0.6) is 5.75 Å². The number of halogens is 3. The first-order chi connectivity index (χ1) is 17.8. The van der Waals surface area contributed by atoms with Gasteiger partial charge in [0.05, 0.1) is 11.1 Å². The second-order valence-electron chi connectivity index (χ2n) is 8.64. The van der Waals surface area contributed by atoms with Crippen molar-refractivity contribution in [3.8, 4) is 16.9 Å². The number of H-pyrrole nitrogens is 1. The van der Waals surface area contributed by atoms with Gasteiger partial charge in [0.2, 0.25) is 0 Å². The predicted octanol–water partition coefficient (Wildman–Crippen LogP) is 5.58. The summed E-state index contributed by atoms with van der Waals surface area (Å²) in [5.41, 5.74) is 9.65. The van der Waals surface area contributed by atoms with Crippen LogP contribution in [0, 0.1) is 0 Å². The quantitative estimate of drug-likeness (QED) is 0.270. The molecule has 6 nitrogen and oxygen atoms in total. The fourth-order valence-electron chi connectivity index (χ4n) is 4.38. The highest BCUT2D eigenvalue weighted by atomic mass is 19.4. The van der Waals surface area contributed by atoms with Gasteiger partial charge in [0.15, 0.2) is 0 Å². The Hall–Kier alpha value is -4.37. The van der Waals surface area contributed by atoms with Crippen LogP contribution in [0.3, 0.4) is 0 Å². The number of carbonyl (C=O) groups excluding carboxylic acids is 1. The Morgan fingerprint density at radius 3 is 2.62 bits per heavy atom. The van der Waals surface area contributed by atoms with Crippen molar-refractivity contribution in [2.24, 2.45) is 5.73 Å². The zero-order chi connectivity index (χ0) is 26.0. The van der Waals surface area contributed by atoms with Gasteiger partial charge in [-0.3, -0.25) is 9.78 Å². The first kappa shape index (κ1) is 24.3. The van der Waals surface area contributed by atoms with E-state index in [4.69, 9.17) is 5.73 Å². The summed E-state index contributed by atoms with van der Waals surface area (Å²) in [5, 5.41) is 4.64. The molecule has 2 heterocycles. The molecule has 37 heavy (non-hydrogen) atoms. The highest BCUT2D eigenvalue weighted by Gasteiger charge is 2.33. The summed E-state index contributed by atoms with van der Waals surface area (Å²) < 4.78 is 43.6. The molecule has 1 amide bonds. The number of nitrogens with two attached hydrogens (primary N) is 1. The molecule has 0 saturated carbocycles. The number of fused-ring (bicyclic) bond motifs is 2. The van der Waals surface area contributed by atoms with Crippen molar-refractivity contribution in [2.75, 3.05) is 6.54 Å². The molecule has 9 heteroatoms. The molecule has 1 atom stereocenters. The number of para-hydroxylation sites is 1. The average Bonchev–Trinajstić information content (AvgIpc) is 3.30. The summed E-state index contributed by atoms with van der Waals surface area (Å²) in [4.78, 5) is 20.7. The summed E-state index contributed by atoms with van der Waals surface area (Å²) in [7, 11) is 0. The molecule has 0 aliphatic heterocycles. The maximum atomic E-state index is 13.3. The van der Waals surface area contributed by atoms with Crippen LogP contribution >= 0.6 is 0 Å². The van der Waals surface area contributed by atoms with Gasteiger partial charge >= 0.3 is 6.36 Å². The van der Waals surface area contributed by atoms with E-state index in [1.807, 2.05) is 48.7 Å². The lowest BCUT2D eigenvalue weighted by molar-refractivity contribution is -0.274. The molecular formula is C28H23F3N4O2. The van der Waals surface area contributed by atoms with Gasteiger partial charge in [-0.25, -0.2) is 0 Å². The number of hydrogen-bond acceptors (Lipinski definition) is 4. The van der Waals surface area contributed by atoms with Gasteiger partial charge in [-0.2, -0.15) is 0 Å². The number of pyridine rings is 1. The van der Waals surface area contributed by atoms with Gasteiger partial charge in [0.25, 0.3) is 5.91 Å². The number of aromatic nitrogens is 2. The van der Waals surface area contributed by atoms with Gasteiger partial charge < -0.3 is 20.8 Å². The van der Waals surface area contributed by atoms with Crippen molar-refractivity contribution in [1.82, 2.24) is 15.3 Å². The maximum absolute atomic E-state index is 13.3. The molecule has 0 fully saturated rings. The van der Waals surface area contributed by atoms with Crippen LogP contribution in [0.25, 0.3) is 32.9 Å². The third-order valence-corrected chi connectivity index (χ3v) is 6.15. The molecule has 5 rings (SSSR count). The summed E-state index contributed by atoms with van der Waals surface area (Å²) in [6.07, 6.45) is -1.04. The lowest BCUT2D eigenvalue weighted by atomic mass is 9.99. The Bertz CT molecular complexity index is 1580. The first-order valence-corrected chi connectivity index (χ1v) is 11.6. The Kier molecular flexibility index (Phi) is 6.54. The van der Waals surface area contributed by atoms with Crippen molar-refractivity contribution in [3.05, 3.63) is 96.3 Å². The fourth-order valence-corrected chi connectivity index (χ4v) is 4.38. The first-order valence-electron chi connectivity index (χ1n) is 11.6. The molecule has 3 aromatic carbocycles. The number of nitrogens with one attached hydrogen (secondary N) is 2. The van der Waals surface area contributed by atoms with Crippen LogP contribution in [0.4, 0.5) is 13.2 Å². The van der Waals surface area contributed by atoms with Crippen LogP contribution < -0.4 is 15.8 Å². The van der Waals surface area contributed by atoms with E-state index in [9.17, 15) is 18.0 Å². The number of ether oxygens (including phenoxy) is 1. The number of hydrogen-bond donors (Lipinski definition) is 3. The molecule has 1 unspecified atom stereocenters. The van der Waals surface area contributed by atoms with Crippen molar-refractivity contribution in [1.29, 1.82) is 0 Å². The number of nitrogens with zero attached hydrogens (tertiary/aromatic N) is 1. The molecule has 0 saturated heterocycles. The van der Waals surface area contributed by atoms with Gasteiger partial charge in [-0.05, 0) is 59.5 Å². The van der Waals surface area contributed by atoms with Gasteiger partial charge in [-0.1, -0.05) is 36.4 Å². The van der Waals surface area contributed by atoms with E-state index in [0.29, 0.717) is 12.0 Å². The normalized spacial score (nSPS) is 12.5. The van der Waals surface area contributed by atoms with Gasteiger partial charge in [0, 0.05) is 41.3 Å². The highest BCUT2D eigenvalue weighted by Crippen LogP contribution is 2.32. The van der Waals surface area contributed by atoms with Gasteiger partial charge in [0.1, 0.15) is 5.75 Å². The number of amides is 1. The minimum Gasteiger partial charge on any atom is -0.405 e. The number of aromatic amines is 1. The van der Waals surface area contributed by atoms with E-state index >= 15 is 0 Å². The SMILES string of the molecule is NCC(Cc1c[nH]c2ccccc12)NC(=O)c1cc(-c2ccc3ncccc3c2)ccc1OC(F)(F)F. The van der Waals surface area contributed by atoms with Crippen LogP contribution in [-0.2, 0) is 6.42 Å². The molecular weight excluding hydrogens is 481 g/mol. The second-order valence-corrected chi connectivity index (χ2v) is 8.64. The smallest absolute Gasteiger partial charge is 0.405 e. The lowest BCUT2D eigenvalue weighted by Gasteiger charge is -2.19. The molecule has 0 bridgehead atoms. The Balaban J connectivity index is 1.46. The number of carbonyl (C=O) groups is 1. The summed E-state index contributed by atoms with van der Waals surface area (Å²) in [5.74, 6) is -1.29. The van der Waals surface area contributed by atoms with Crippen LogP contribution in [0.15, 0.2) is 85.2 Å². The topological polar surface area (TPSA) is 93.0 Å². The molecule has 0 aliphatic rings. The minimum absolute atomic E-state index is 0.0953. The molecule has 0 aliphatic carbocycles. The molecule has 5 aromatic rings. The van der Waals surface area contributed by atoms with E-state index in [2.05, 4.69) is 20.0 Å². The Morgan fingerprint density at radius 2 is 1.81 bits per heavy atom. The zero-order valence-corrected chi connectivity index (χ0v) is 19.5. The van der Waals surface area contributed by atoms with E-state index < -0.39 is 24.1 Å². The fraction of sp³-hybridized carbons (Fsp3) is 0.143. The van der Waals surface area contributed by atoms with Crippen molar-refractivity contribution in [2.45, 2.75) is 18.8 Å². The van der Waals surface area contributed by atoms with Crippen molar-refractivity contribution in [3.63, 3.8) is 0 Å². The van der Waals surface area contributed by atoms with E-state index in [1.54, 1.807) is 18.3 Å². The minimum atomic E-state index is -4.96. The summed E-state index contributed by atoms with van der Waals surface area (Å²) in [6.45, 7) is 0.0953. The number of alkyl halides is 3. The Morgan fingerprint density at radius 1 is 1.03 bits per heavy atom. The highest BCUT2D eigenvalue weighted by molar-refractivity contribution is 5.99. The van der Waals surface area contributed by atoms with Crippen molar-refractivity contribution < 1.29 is 22.7 Å². The lowest BCUT2D eigenvalue weighted by Crippen LogP contribution is -2.42. The number of rotatable bonds is 7. The third kappa shape index (κ3) is 5.41. The van der Waals surface area contributed by atoms with Gasteiger partial charge in [-0.15, -0.1) is 13.2 Å². The van der Waals surface area contributed by atoms with E-state index in [0.717, 1.165) is 39.0 Å². The molecule has 188 valence electrons. The zero-order valence-electron chi connectivity index (χ0n) is 19.5. The van der Waals surface area contributed by atoms with Crippen LogP contribution in [-0.4, -0.2) is 34.8 Å². The largest absolute Gasteiger partial charge is 0.573 e. The molecule has 2 aromatic heterocycles. The Labute approximate surface area is 210 Å². The molecule has 0 spiro atoms. The monoisotopic (exact) mass is 504 g/mol. The van der Waals surface area contributed by atoms with Crippen molar-refractivity contribution >= 4 is 27.7 Å². The molecule has 4 N–H and O–H groups in total. The van der Waals surface area contributed by atoms with Crippen LogP contribution in [0.2, 0.25) is 0 Å². The maximum Gasteiger partial charge on any atom is 0.573 e. The summed E-state index contributed by atoms with van der Waals surface area (Å²) in [6, 6.07) is 20.4. The molecule has 0 radical (unpaired) electrons.